The Hall–Kier alpha value is -0.473. The molecule has 3 aliphatic rings. The van der Waals surface area contributed by atoms with Gasteiger partial charge in [0, 0.05) is 32.2 Å². The van der Waals surface area contributed by atoms with E-state index in [4.69, 9.17) is 18.6 Å². The number of fused-ring (bicyclic) bond motifs is 1. The molecular weight excluding hydrogens is 460 g/mol. The average Bonchev–Trinajstić information content (AvgIpc) is 2.98. The smallest absolute Gasteiger partial charge is 0.306 e. The van der Waals surface area contributed by atoms with Gasteiger partial charge >= 0.3 is 5.97 Å². The molecule has 2 heterocycles. The van der Waals surface area contributed by atoms with Crippen molar-refractivity contribution in [2.75, 3.05) is 19.8 Å². The second-order valence-corrected chi connectivity index (χ2v) is 16.6. The number of aliphatic carboxylic acids is 1. The van der Waals surface area contributed by atoms with Gasteiger partial charge in [0.25, 0.3) is 0 Å². The first-order valence-corrected chi connectivity index (χ1v) is 17.6. The molecule has 204 valence electrons. The molecule has 2 aliphatic heterocycles. The number of carboxylic acids is 1. The number of hydrogen-bond donors (Lipinski definition) is 1. The summed E-state index contributed by atoms with van der Waals surface area (Å²) < 4.78 is 25.7. The molecule has 0 spiro atoms. The fourth-order valence-electron chi connectivity index (χ4n) is 6.66. The van der Waals surface area contributed by atoms with Crippen LogP contribution in [0.2, 0.25) is 19.1 Å². The molecule has 1 aliphatic carbocycles. The Labute approximate surface area is 214 Å². The maximum Gasteiger partial charge on any atom is 0.306 e. The molecule has 3 rings (SSSR count). The molecule has 35 heavy (non-hydrogen) atoms. The summed E-state index contributed by atoms with van der Waals surface area (Å²) in [4.78, 5) is 11.6. The molecule has 0 aromatic heterocycles. The van der Waals surface area contributed by atoms with Crippen LogP contribution in [0.15, 0.2) is 0 Å². The van der Waals surface area contributed by atoms with Gasteiger partial charge in [-0.15, -0.1) is 0 Å². The van der Waals surface area contributed by atoms with E-state index in [1.54, 1.807) is 0 Å². The minimum atomic E-state index is -1.73. The highest BCUT2D eigenvalue weighted by Gasteiger charge is 2.47. The molecule has 7 heteroatoms. The first-order valence-electron chi connectivity index (χ1n) is 14.4. The Bertz CT molecular complexity index is 635. The summed E-state index contributed by atoms with van der Waals surface area (Å²) >= 11 is 0. The summed E-state index contributed by atoms with van der Waals surface area (Å²) in [5, 5.41) is 9.53. The van der Waals surface area contributed by atoms with Gasteiger partial charge < -0.3 is 23.7 Å². The summed E-state index contributed by atoms with van der Waals surface area (Å²) in [5.74, 6) is 1.03. The number of rotatable bonds is 13. The number of hydrogen-bond acceptors (Lipinski definition) is 5. The molecular formula is C28H52O6Si. The Morgan fingerprint density at radius 3 is 2.57 bits per heavy atom. The Morgan fingerprint density at radius 1 is 1.11 bits per heavy atom. The molecule has 0 aromatic rings. The standard InChI is InChI=1S/C28H52O6Si/c1-6-9-22(28(29)30)13-11-21-12-14-23-24(18-33-35(4,5)19-20(2)3)26(16-25(23)32-17-21)34-27-10-7-8-15-31-27/h20-27H,6-19H2,1-5H3,(H,29,30)/t21-,22?,23-,24-,25+,26-,27?/m1/s1. The van der Waals surface area contributed by atoms with E-state index in [1.807, 2.05) is 0 Å². The van der Waals surface area contributed by atoms with Crippen molar-refractivity contribution < 1.29 is 28.5 Å². The van der Waals surface area contributed by atoms with Gasteiger partial charge in [-0.05, 0) is 88.3 Å². The van der Waals surface area contributed by atoms with Gasteiger partial charge in [0.1, 0.15) is 0 Å². The molecule has 1 N–H and O–H groups in total. The lowest BCUT2D eigenvalue weighted by Crippen LogP contribution is -2.39. The van der Waals surface area contributed by atoms with Gasteiger partial charge in [0.2, 0.25) is 0 Å². The van der Waals surface area contributed by atoms with Crippen LogP contribution in [0.25, 0.3) is 0 Å². The van der Waals surface area contributed by atoms with Gasteiger partial charge in [-0.25, -0.2) is 0 Å². The van der Waals surface area contributed by atoms with Crippen LogP contribution in [0.5, 0.6) is 0 Å². The third-order valence-corrected chi connectivity index (χ3v) is 11.1. The largest absolute Gasteiger partial charge is 0.481 e. The first-order chi connectivity index (χ1) is 16.7. The van der Waals surface area contributed by atoms with E-state index in [0.29, 0.717) is 23.7 Å². The van der Waals surface area contributed by atoms with E-state index in [9.17, 15) is 9.90 Å². The van der Waals surface area contributed by atoms with E-state index >= 15 is 0 Å². The zero-order chi connectivity index (χ0) is 25.4. The van der Waals surface area contributed by atoms with Crippen LogP contribution < -0.4 is 0 Å². The second kappa shape index (κ2) is 13.9. The predicted octanol–water partition coefficient (Wildman–Crippen LogP) is 6.49. The van der Waals surface area contributed by atoms with Gasteiger partial charge in [-0.2, -0.15) is 0 Å². The fraction of sp³-hybridized carbons (Fsp3) is 0.964. The maximum absolute atomic E-state index is 11.6. The van der Waals surface area contributed by atoms with E-state index in [-0.39, 0.29) is 24.4 Å². The molecule has 6 nitrogen and oxygen atoms in total. The third-order valence-electron chi connectivity index (χ3n) is 8.36. The van der Waals surface area contributed by atoms with Gasteiger partial charge in [0.05, 0.1) is 18.1 Å². The quantitative estimate of drug-likeness (QED) is 0.284. The van der Waals surface area contributed by atoms with Crippen molar-refractivity contribution in [1.29, 1.82) is 0 Å². The van der Waals surface area contributed by atoms with Crippen molar-refractivity contribution in [3.8, 4) is 0 Å². The summed E-state index contributed by atoms with van der Waals surface area (Å²) in [6.45, 7) is 13.6. The lowest BCUT2D eigenvalue weighted by atomic mass is 9.86. The van der Waals surface area contributed by atoms with Crippen LogP contribution in [0.1, 0.15) is 85.0 Å². The van der Waals surface area contributed by atoms with Crippen molar-refractivity contribution >= 4 is 14.3 Å². The van der Waals surface area contributed by atoms with Crippen LogP contribution in [-0.2, 0) is 23.4 Å². The Morgan fingerprint density at radius 2 is 1.91 bits per heavy atom. The van der Waals surface area contributed by atoms with Crippen molar-refractivity contribution in [2.24, 2.45) is 29.6 Å². The van der Waals surface area contributed by atoms with Crippen LogP contribution in [-0.4, -0.2) is 57.7 Å². The highest BCUT2D eigenvalue weighted by atomic mass is 28.4. The highest BCUT2D eigenvalue weighted by molar-refractivity contribution is 6.71. The molecule has 2 unspecified atom stereocenters. The summed E-state index contributed by atoms with van der Waals surface area (Å²) in [6, 6.07) is 1.17. The van der Waals surface area contributed by atoms with Crippen LogP contribution in [0.4, 0.5) is 0 Å². The third kappa shape index (κ3) is 9.10. The van der Waals surface area contributed by atoms with Crippen molar-refractivity contribution in [2.45, 2.75) is 123 Å². The van der Waals surface area contributed by atoms with Crippen LogP contribution in [0, 0.1) is 29.6 Å². The van der Waals surface area contributed by atoms with E-state index < -0.39 is 14.3 Å². The van der Waals surface area contributed by atoms with Crippen molar-refractivity contribution in [3.05, 3.63) is 0 Å². The molecule has 0 amide bonds. The zero-order valence-corrected chi connectivity index (χ0v) is 24.0. The summed E-state index contributed by atoms with van der Waals surface area (Å²) in [5.41, 5.74) is 0. The highest BCUT2D eigenvalue weighted by Crippen LogP contribution is 2.44. The molecule has 3 fully saturated rings. The van der Waals surface area contributed by atoms with E-state index in [2.05, 4.69) is 33.9 Å². The minimum absolute atomic E-state index is 0.0845. The van der Waals surface area contributed by atoms with Gasteiger partial charge in [-0.1, -0.05) is 27.2 Å². The van der Waals surface area contributed by atoms with Gasteiger partial charge in [-0.3, -0.25) is 4.79 Å². The van der Waals surface area contributed by atoms with Gasteiger partial charge in [0.15, 0.2) is 14.6 Å². The minimum Gasteiger partial charge on any atom is -0.481 e. The predicted molar refractivity (Wildman–Crippen MR) is 141 cm³/mol. The maximum atomic E-state index is 11.6. The molecule has 0 aromatic carbocycles. The first kappa shape index (κ1) is 29.1. The molecule has 0 radical (unpaired) electrons. The Kier molecular flexibility index (Phi) is 11.5. The molecule has 0 bridgehead atoms. The second-order valence-electron chi connectivity index (χ2n) is 12.4. The number of ether oxygens (including phenoxy) is 3. The van der Waals surface area contributed by atoms with Crippen molar-refractivity contribution in [3.63, 3.8) is 0 Å². The molecule has 2 saturated heterocycles. The molecule has 1 saturated carbocycles. The van der Waals surface area contributed by atoms with Crippen molar-refractivity contribution in [1.82, 2.24) is 0 Å². The lowest BCUT2D eigenvalue weighted by molar-refractivity contribution is -0.198. The normalized spacial score (nSPS) is 32.9. The SMILES string of the molecule is CCCC(CC[C@@H]1CC[C@@H]2[C@@H](CO[Si](C)(C)CC(C)C)[C@H](OC3CCCCO3)C[C@@H]2OC1)C(=O)O. The lowest BCUT2D eigenvalue weighted by Gasteiger charge is -2.33. The summed E-state index contributed by atoms with van der Waals surface area (Å²) in [7, 11) is -1.73. The van der Waals surface area contributed by atoms with E-state index in [0.717, 1.165) is 77.6 Å². The van der Waals surface area contributed by atoms with Crippen LogP contribution >= 0.6 is 0 Å². The fourth-order valence-corrected chi connectivity index (χ4v) is 9.39. The molecule has 7 atom stereocenters. The average molecular weight is 513 g/mol. The Balaban J connectivity index is 1.61. The number of carboxylic acid groups (broad SMARTS) is 1. The monoisotopic (exact) mass is 512 g/mol. The van der Waals surface area contributed by atoms with Crippen LogP contribution in [0.3, 0.4) is 0 Å². The summed E-state index contributed by atoms with van der Waals surface area (Å²) in [6.07, 6.45) is 10.1. The number of carbonyl (C=O) groups is 1. The topological polar surface area (TPSA) is 74.2 Å². The zero-order valence-electron chi connectivity index (χ0n) is 23.0. The van der Waals surface area contributed by atoms with E-state index in [1.165, 1.54) is 12.5 Å².